The molecule has 1 aromatic carbocycles. The average molecular weight is 274 g/mol. The number of methoxy groups -OCH3 is 2. The molecule has 3 nitrogen and oxygen atoms in total. The first-order valence-electron chi connectivity index (χ1n) is 4.75. The number of rotatable bonds is 4. The van der Waals surface area contributed by atoms with Crippen LogP contribution in [-0.4, -0.2) is 20.3 Å². The van der Waals surface area contributed by atoms with E-state index in [0.29, 0.717) is 0 Å². The molecule has 0 bridgehead atoms. The van der Waals surface area contributed by atoms with Gasteiger partial charge in [-0.1, -0.05) is 6.07 Å². The lowest BCUT2D eigenvalue weighted by Gasteiger charge is -2.15. The number of ether oxygens (including phenoxy) is 2. The van der Waals surface area contributed by atoms with E-state index in [0.717, 1.165) is 28.0 Å². The van der Waals surface area contributed by atoms with Gasteiger partial charge in [0.2, 0.25) is 0 Å². The van der Waals surface area contributed by atoms with Gasteiger partial charge in [0.25, 0.3) is 0 Å². The summed E-state index contributed by atoms with van der Waals surface area (Å²) in [4.78, 5) is 0. The molecule has 0 spiro atoms. The van der Waals surface area contributed by atoms with E-state index >= 15 is 0 Å². The first-order chi connectivity index (χ1) is 7.10. The van der Waals surface area contributed by atoms with E-state index in [9.17, 15) is 0 Å². The Balaban J connectivity index is 3.16. The third-order valence-electron chi connectivity index (χ3n) is 2.10. The van der Waals surface area contributed by atoms with Crippen LogP contribution in [0.3, 0.4) is 0 Å². The van der Waals surface area contributed by atoms with Crippen LogP contribution in [0.15, 0.2) is 16.6 Å². The van der Waals surface area contributed by atoms with Crippen LogP contribution in [0.2, 0.25) is 0 Å². The Hall–Kier alpha value is -0.740. The zero-order valence-corrected chi connectivity index (χ0v) is 10.8. The molecule has 0 fully saturated rings. The fourth-order valence-corrected chi connectivity index (χ4v) is 1.98. The molecule has 0 aliphatic rings. The van der Waals surface area contributed by atoms with Crippen LogP contribution in [0.5, 0.6) is 11.5 Å². The highest BCUT2D eigenvalue weighted by Gasteiger charge is 2.14. The van der Waals surface area contributed by atoms with Crippen molar-refractivity contribution in [3.05, 3.63) is 22.2 Å². The predicted molar refractivity (Wildman–Crippen MR) is 64.6 cm³/mol. The molecule has 1 atom stereocenters. The fourth-order valence-electron chi connectivity index (χ4n) is 1.50. The van der Waals surface area contributed by atoms with Crippen LogP contribution in [0.4, 0.5) is 0 Å². The lowest BCUT2D eigenvalue weighted by atomic mass is 10.1. The summed E-state index contributed by atoms with van der Waals surface area (Å²) in [6.07, 6.45) is 0.771. The Morgan fingerprint density at radius 2 is 1.87 bits per heavy atom. The number of hydrogen-bond acceptors (Lipinski definition) is 3. The van der Waals surface area contributed by atoms with Crippen LogP contribution in [0.25, 0.3) is 0 Å². The molecule has 0 amide bonds. The minimum Gasteiger partial charge on any atom is -0.493 e. The molecule has 0 aliphatic heterocycles. The van der Waals surface area contributed by atoms with Gasteiger partial charge in [-0.15, -0.1) is 0 Å². The predicted octanol–water partition coefficient (Wildman–Crippen LogP) is 2.36. The molecule has 0 saturated heterocycles. The van der Waals surface area contributed by atoms with Crippen LogP contribution < -0.4 is 15.2 Å². The van der Waals surface area contributed by atoms with E-state index in [4.69, 9.17) is 15.2 Å². The maximum Gasteiger partial charge on any atom is 0.175 e. The van der Waals surface area contributed by atoms with Gasteiger partial charge in [-0.25, -0.2) is 0 Å². The van der Waals surface area contributed by atoms with Crippen molar-refractivity contribution in [3.8, 4) is 11.5 Å². The Morgan fingerprint density at radius 3 is 2.33 bits per heavy atom. The van der Waals surface area contributed by atoms with E-state index in [-0.39, 0.29) is 6.04 Å². The van der Waals surface area contributed by atoms with Crippen LogP contribution in [0.1, 0.15) is 12.5 Å². The van der Waals surface area contributed by atoms with E-state index in [1.807, 2.05) is 19.1 Å². The van der Waals surface area contributed by atoms with Gasteiger partial charge in [0, 0.05) is 6.04 Å². The van der Waals surface area contributed by atoms with Crippen molar-refractivity contribution < 1.29 is 9.47 Å². The Labute approximate surface area is 98.7 Å². The maximum atomic E-state index is 5.77. The number of benzene rings is 1. The molecule has 4 heteroatoms. The third-order valence-corrected chi connectivity index (χ3v) is 2.72. The molecule has 0 aromatic heterocycles. The molecule has 1 rings (SSSR count). The molecular formula is C11H16BrNO2. The van der Waals surface area contributed by atoms with Crippen LogP contribution in [-0.2, 0) is 6.42 Å². The molecule has 0 heterocycles. The summed E-state index contributed by atoms with van der Waals surface area (Å²) in [6, 6.07) is 4.04. The zero-order chi connectivity index (χ0) is 11.4. The van der Waals surface area contributed by atoms with Gasteiger partial charge in [-0.2, -0.15) is 0 Å². The number of nitrogens with two attached hydrogens (primary N) is 1. The van der Waals surface area contributed by atoms with Gasteiger partial charge in [0.05, 0.1) is 18.7 Å². The lowest BCUT2D eigenvalue weighted by molar-refractivity contribution is 0.349. The second-order valence-electron chi connectivity index (χ2n) is 3.45. The Morgan fingerprint density at radius 1 is 1.27 bits per heavy atom. The first kappa shape index (κ1) is 12.3. The quantitative estimate of drug-likeness (QED) is 0.916. The molecule has 1 aromatic rings. The van der Waals surface area contributed by atoms with Gasteiger partial charge in [0.1, 0.15) is 0 Å². The average Bonchev–Trinajstić information content (AvgIpc) is 2.19. The standard InChI is InChI=1S/C11H16BrNO2/c1-7(13)6-8-4-5-9(12)11(15-3)10(8)14-2/h4-5,7H,6,13H2,1-3H3. The van der Waals surface area contributed by atoms with E-state index in [2.05, 4.69) is 15.9 Å². The third kappa shape index (κ3) is 2.86. The summed E-state index contributed by atoms with van der Waals surface area (Å²) in [5.74, 6) is 1.47. The van der Waals surface area contributed by atoms with Gasteiger partial charge in [-0.3, -0.25) is 0 Å². The lowest BCUT2D eigenvalue weighted by Crippen LogP contribution is -2.18. The highest BCUT2D eigenvalue weighted by molar-refractivity contribution is 9.10. The zero-order valence-electron chi connectivity index (χ0n) is 9.21. The largest absolute Gasteiger partial charge is 0.493 e. The molecule has 2 N–H and O–H groups in total. The van der Waals surface area contributed by atoms with E-state index < -0.39 is 0 Å². The second-order valence-corrected chi connectivity index (χ2v) is 4.31. The normalized spacial score (nSPS) is 12.3. The summed E-state index contributed by atoms with van der Waals surface area (Å²) in [7, 11) is 3.26. The highest BCUT2D eigenvalue weighted by Crippen LogP contribution is 2.38. The summed E-state index contributed by atoms with van der Waals surface area (Å²) < 4.78 is 11.5. The highest BCUT2D eigenvalue weighted by atomic mass is 79.9. The maximum absolute atomic E-state index is 5.77. The summed E-state index contributed by atoms with van der Waals surface area (Å²) >= 11 is 3.41. The van der Waals surface area contributed by atoms with Gasteiger partial charge < -0.3 is 15.2 Å². The minimum absolute atomic E-state index is 0.102. The summed E-state index contributed by atoms with van der Waals surface area (Å²) in [5, 5.41) is 0. The molecule has 15 heavy (non-hydrogen) atoms. The first-order valence-corrected chi connectivity index (χ1v) is 5.54. The molecule has 1 unspecified atom stereocenters. The molecule has 84 valence electrons. The van der Waals surface area contributed by atoms with Crippen molar-refractivity contribution in [2.75, 3.05) is 14.2 Å². The topological polar surface area (TPSA) is 44.5 Å². The van der Waals surface area contributed by atoms with E-state index in [1.165, 1.54) is 0 Å². The van der Waals surface area contributed by atoms with Crippen molar-refractivity contribution in [2.24, 2.45) is 5.73 Å². The van der Waals surface area contributed by atoms with Crippen LogP contribution >= 0.6 is 15.9 Å². The molecule has 0 aliphatic carbocycles. The van der Waals surface area contributed by atoms with Crippen molar-refractivity contribution in [1.29, 1.82) is 0 Å². The van der Waals surface area contributed by atoms with Crippen molar-refractivity contribution >= 4 is 15.9 Å². The van der Waals surface area contributed by atoms with Crippen molar-refractivity contribution in [3.63, 3.8) is 0 Å². The number of hydrogen-bond donors (Lipinski definition) is 1. The van der Waals surface area contributed by atoms with Crippen molar-refractivity contribution in [2.45, 2.75) is 19.4 Å². The van der Waals surface area contributed by atoms with Crippen molar-refractivity contribution in [1.82, 2.24) is 0 Å². The molecule has 0 radical (unpaired) electrons. The SMILES string of the molecule is COc1c(Br)ccc(CC(C)N)c1OC. The number of halogens is 1. The fraction of sp³-hybridized carbons (Fsp3) is 0.455. The van der Waals surface area contributed by atoms with Gasteiger partial charge >= 0.3 is 0 Å². The Kier molecular flexibility index (Phi) is 4.42. The molecule has 0 saturated carbocycles. The van der Waals surface area contributed by atoms with Crippen LogP contribution in [0, 0.1) is 0 Å². The molecular weight excluding hydrogens is 258 g/mol. The van der Waals surface area contributed by atoms with E-state index in [1.54, 1.807) is 14.2 Å². The second kappa shape index (κ2) is 5.37. The summed E-state index contributed by atoms with van der Waals surface area (Å²) in [6.45, 7) is 1.97. The minimum atomic E-state index is 0.102. The smallest absolute Gasteiger partial charge is 0.175 e. The Bertz CT molecular complexity index is 340. The monoisotopic (exact) mass is 273 g/mol. The van der Waals surface area contributed by atoms with Gasteiger partial charge in [0.15, 0.2) is 11.5 Å². The van der Waals surface area contributed by atoms with Gasteiger partial charge in [-0.05, 0) is 40.9 Å². The summed E-state index contributed by atoms with van der Waals surface area (Å²) in [5.41, 5.74) is 6.83.